The van der Waals surface area contributed by atoms with Gasteiger partial charge in [0, 0.05) is 13.0 Å². The molecule has 0 unspecified atom stereocenters. The van der Waals surface area contributed by atoms with Crippen LogP contribution in [0.4, 0.5) is 4.39 Å². The molecular weight excluding hydrogens is 281 g/mol. The van der Waals surface area contributed by atoms with Crippen LogP contribution in [0.2, 0.25) is 5.02 Å². The molecule has 1 fully saturated rings. The fraction of sp³-hybridized carbons (Fsp3) is 0.429. The first-order valence-corrected chi connectivity index (χ1v) is 6.99. The molecule has 1 aromatic heterocycles. The molecule has 2 aromatic rings. The van der Waals surface area contributed by atoms with E-state index in [1.807, 2.05) is 0 Å². The van der Waals surface area contributed by atoms with E-state index in [-0.39, 0.29) is 17.4 Å². The van der Waals surface area contributed by atoms with Crippen LogP contribution in [0.5, 0.6) is 0 Å². The average Bonchev–Trinajstić information content (AvgIpc) is 3.04. The van der Waals surface area contributed by atoms with Gasteiger partial charge in [-0.25, -0.2) is 4.39 Å². The van der Waals surface area contributed by atoms with E-state index in [4.69, 9.17) is 16.1 Å². The summed E-state index contributed by atoms with van der Waals surface area (Å²) in [5, 5.41) is 7.34. The second-order valence-electron chi connectivity index (χ2n) is 5.18. The molecule has 1 aliphatic rings. The van der Waals surface area contributed by atoms with Gasteiger partial charge in [0.2, 0.25) is 5.89 Å². The molecule has 1 aliphatic heterocycles. The predicted molar refractivity (Wildman–Crippen MR) is 73.3 cm³/mol. The van der Waals surface area contributed by atoms with Crippen LogP contribution in [-0.4, -0.2) is 23.2 Å². The maximum Gasteiger partial charge on any atom is 0.231 e. The molecular formula is C14H15ClFN3O. The van der Waals surface area contributed by atoms with Gasteiger partial charge in [0.05, 0.1) is 10.9 Å². The lowest BCUT2D eigenvalue weighted by Gasteiger charge is -2.07. The summed E-state index contributed by atoms with van der Waals surface area (Å²) >= 11 is 5.76. The van der Waals surface area contributed by atoms with Gasteiger partial charge in [-0.3, -0.25) is 0 Å². The quantitative estimate of drug-likeness (QED) is 0.946. The second kappa shape index (κ2) is 5.50. The summed E-state index contributed by atoms with van der Waals surface area (Å²) in [7, 11) is 0. The van der Waals surface area contributed by atoms with Crippen LogP contribution in [-0.2, 0) is 6.42 Å². The van der Waals surface area contributed by atoms with Gasteiger partial charge in [0.1, 0.15) is 5.82 Å². The lowest BCUT2D eigenvalue weighted by Crippen LogP contribution is -2.08. The Hall–Kier alpha value is -1.46. The zero-order valence-corrected chi connectivity index (χ0v) is 11.8. The van der Waals surface area contributed by atoms with Crippen molar-refractivity contribution in [2.45, 2.75) is 19.3 Å². The van der Waals surface area contributed by atoms with E-state index in [9.17, 15) is 4.39 Å². The van der Waals surface area contributed by atoms with Crippen molar-refractivity contribution in [2.24, 2.45) is 5.92 Å². The molecule has 1 N–H and O–H groups in total. The summed E-state index contributed by atoms with van der Waals surface area (Å²) in [6, 6.07) is 4.91. The zero-order valence-electron chi connectivity index (χ0n) is 11.1. The summed E-state index contributed by atoms with van der Waals surface area (Å²) in [6.07, 6.45) is 0.282. The van der Waals surface area contributed by atoms with Crippen molar-refractivity contribution in [1.82, 2.24) is 15.5 Å². The molecule has 20 heavy (non-hydrogen) atoms. The van der Waals surface area contributed by atoms with E-state index in [0.717, 1.165) is 13.1 Å². The Morgan fingerprint density at radius 1 is 1.45 bits per heavy atom. The molecule has 0 bridgehead atoms. The molecule has 0 saturated carbocycles. The van der Waals surface area contributed by atoms with Gasteiger partial charge < -0.3 is 9.84 Å². The molecule has 6 heteroatoms. The van der Waals surface area contributed by atoms with Crippen molar-refractivity contribution in [3.05, 3.63) is 46.3 Å². The Morgan fingerprint density at radius 2 is 2.30 bits per heavy atom. The number of benzene rings is 1. The summed E-state index contributed by atoms with van der Waals surface area (Å²) in [4.78, 5) is 4.38. The highest BCUT2D eigenvalue weighted by molar-refractivity contribution is 6.30. The maximum absolute atomic E-state index is 13.8. The van der Waals surface area contributed by atoms with E-state index in [1.165, 1.54) is 6.07 Å². The predicted octanol–water partition coefficient (Wildman–Crippen LogP) is 2.78. The zero-order chi connectivity index (χ0) is 14.1. The Labute approximate surface area is 121 Å². The van der Waals surface area contributed by atoms with E-state index < -0.39 is 5.82 Å². The SMILES string of the molecule is C[C@@H]1CNC[C@H]1c1nc(Cc2cccc(Cl)c2F)no1. The highest BCUT2D eigenvalue weighted by Crippen LogP contribution is 2.27. The average molecular weight is 296 g/mol. The fourth-order valence-corrected chi connectivity index (χ4v) is 2.68. The Kier molecular flexibility index (Phi) is 3.72. The Morgan fingerprint density at radius 3 is 3.05 bits per heavy atom. The molecule has 4 nitrogen and oxygen atoms in total. The van der Waals surface area contributed by atoms with Crippen molar-refractivity contribution in [1.29, 1.82) is 0 Å². The molecule has 3 rings (SSSR count). The van der Waals surface area contributed by atoms with Crippen LogP contribution in [0.3, 0.4) is 0 Å². The third-order valence-corrected chi connectivity index (χ3v) is 3.99. The number of halogens is 2. The number of aromatic nitrogens is 2. The second-order valence-corrected chi connectivity index (χ2v) is 5.59. The van der Waals surface area contributed by atoms with Crippen LogP contribution in [0.1, 0.15) is 30.1 Å². The van der Waals surface area contributed by atoms with Gasteiger partial charge in [0.15, 0.2) is 5.82 Å². The van der Waals surface area contributed by atoms with E-state index in [2.05, 4.69) is 22.4 Å². The minimum atomic E-state index is -0.420. The molecule has 2 heterocycles. The first-order chi connectivity index (χ1) is 9.65. The van der Waals surface area contributed by atoms with E-state index >= 15 is 0 Å². The monoisotopic (exact) mass is 295 g/mol. The van der Waals surface area contributed by atoms with Gasteiger partial charge in [-0.15, -0.1) is 0 Å². The van der Waals surface area contributed by atoms with E-state index in [0.29, 0.717) is 23.2 Å². The van der Waals surface area contributed by atoms with Crippen LogP contribution < -0.4 is 5.32 Å². The molecule has 0 amide bonds. The van der Waals surface area contributed by atoms with Crippen LogP contribution in [0, 0.1) is 11.7 Å². The lowest BCUT2D eigenvalue weighted by molar-refractivity contribution is 0.337. The minimum absolute atomic E-state index is 0.111. The normalized spacial score (nSPS) is 22.4. The standard InChI is InChI=1S/C14H15ClFN3O/c1-8-6-17-7-10(8)14-18-12(19-20-14)5-9-3-2-4-11(15)13(9)16/h2-4,8,10,17H,5-7H2,1H3/t8-,10-/m1/s1. The third-order valence-electron chi connectivity index (χ3n) is 3.70. The highest BCUT2D eigenvalue weighted by Gasteiger charge is 2.29. The molecule has 0 aliphatic carbocycles. The maximum atomic E-state index is 13.8. The van der Waals surface area contributed by atoms with Crippen LogP contribution >= 0.6 is 11.6 Å². The molecule has 0 spiro atoms. The van der Waals surface area contributed by atoms with Crippen molar-refractivity contribution in [3.8, 4) is 0 Å². The topological polar surface area (TPSA) is 51.0 Å². The Balaban J connectivity index is 1.79. The molecule has 2 atom stereocenters. The molecule has 0 radical (unpaired) electrons. The minimum Gasteiger partial charge on any atom is -0.339 e. The van der Waals surface area contributed by atoms with Gasteiger partial charge >= 0.3 is 0 Å². The summed E-state index contributed by atoms with van der Waals surface area (Å²) in [5.41, 5.74) is 0.474. The van der Waals surface area contributed by atoms with Crippen molar-refractivity contribution in [3.63, 3.8) is 0 Å². The van der Waals surface area contributed by atoms with Crippen molar-refractivity contribution < 1.29 is 8.91 Å². The van der Waals surface area contributed by atoms with Crippen molar-refractivity contribution in [2.75, 3.05) is 13.1 Å². The fourth-order valence-electron chi connectivity index (χ4n) is 2.49. The molecule has 1 aromatic carbocycles. The summed E-state index contributed by atoms with van der Waals surface area (Å²) in [5.74, 6) is 1.39. The number of hydrogen-bond acceptors (Lipinski definition) is 4. The summed E-state index contributed by atoms with van der Waals surface area (Å²) < 4.78 is 19.1. The van der Waals surface area contributed by atoms with Gasteiger partial charge in [-0.05, 0) is 24.1 Å². The van der Waals surface area contributed by atoms with Gasteiger partial charge in [-0.2, -0.15) is 4.98 Å². The van der Waals surface area contributed by atoms with Gasteiger partial charge in [-0.1, -0.05) is 35.8 Å². The van der Waals surface area contributed by atoms with E-state index in [1.54, 1.807) is 12.1 Å². The third kappa shape index (κ3) is 2.55. The number of nitrogens with zero attached hydrogens (tertiary/aromatic N) is 2. The van der Waals surface area contributed by atoms with Gasteiger partial charge in [0.25, 0.3) is 0 Å². The number of hydrogen-bond donors (Lipinski definition) is 1. The Bertz CT molecular complexity index is 616. The van der Waals surface area contributed by atoms with Crippen LogP contribution in [0.25, 0.3) is 0 Å². The first-order valence-electron chi connectivity index (χ1n) is 6.61. The lowest BCUT2D eigenvalue weighted by atomic mass is 9.98. The highest BCUT2D eigenvalue weighted by atomic mass is 35.5. The smallest absolute Gasteiger partial charge is 0.231 e. The van der Waals surface area contributed by atoms with Crippen molar-refractivity contribution >= 4 is 11.6 Å². The summed E-state index contributed by atoms with van der Waals surface area (Å²) in [6.45, 7) is 3.94. The largest absolute Gasteiger partial charge is 0.339 e. The van der Waals surface area contributed by atoms with Crippen LogP contribution in [0.15, 0.2) is 22.7 Å². The number of nitrogens with one attached hydrogen (secondary N) is 1. The molecule has 106 valence electrons. The number of rotatable bonds is 3. The first kappa shape index (κ1) is 13.5. The molecule has 1 saturated heterocycles.